The van der Waals surface area contributed by atoms with E-state index >= 15 is 0 Å². The van der Waals surface area contributed by atoms with E-state index in [9.17, 15) is 19.2 Å². The van der Waals surface area contributed by atoms with Crippen molar-refractivity contribution in [3.63, 3.8) is 0 Å². The Hall–Kier alpha value is -3.02. The van der Waals surface area contributed by atoms with Gasteiger partial charge >= 0.3 is 5.97 Å². The summed E-state index contributed by atoms with van der Waals surface area (Å²) >= 11 is 0. The maximum atomic E-state index is 13.3. The lowest BCUT2D eigenvalue weighted by Gasteiger charge is -2.55. The van der Waals surface area contributed by atoms with Crippen LogP contribution >= 0.6 is 0 Å². The lowest BCUT2D eigenvalue weighted by atomic mass is 9.50. The average Bonchev–Trinajstić information content (AvgIpc) is 3.22. The monoisotopic (exact) mass is 545 g/mol. The molecule has 0 aliphatic heterocycles. The third-order valence-electron chi connectivity index (χ3n) is 10.5. The SMILES string of the molecule is CC(=O)O[C@]1(C(C)=O)CC[C@H]2[C@@H]3CCC4=CC(=O)CCC4=C3[C@@H](c3ccc(N(C)CCCCC=O)cc3)C[C@@]21C. The van der Waals surface area contributed by atoms with Crippen LogP contribution in [0.4, 0.5) is 5.69 Å². The van der Waals surface area contributed by atoms with E-state index in [0.29, 0.717) is 25.2 Å². The normalized spacial score (nSPS) is 31.1. The summed E-state index contributed by atoms with van der Waals surface area (Å²) in [5.41, 5.74) is 4.82. The molecule has 0 aromatic heterocycles. The number of anilines is 1. The van der Waals surface area contributed by atoms with Crippen LogP contribution in [0.3, 0.4) is 0 Å². The third-order valence-corrected chi connectivity index (χ3v) is 10.5. The molecule has 0 bridgehead atoms. The van der Waals surface area contributed by atoms with E-state index in [1.165, 1.54) is 29.2 Å². The van der Waals surface area contributed by atoms with Gasteiger partial charge in [-0.25, -0.2) is 0 Å². The number of esters is 1. The van der Waals surface area contributed by atoms with Crippen molar-refractivity contribution in [2.45, 2.75) is 96.5 Å². The van der Waals surface area contributed by atoms with Crippen LogP contribution in [0.15, 0.2) is 47.1 Å². The lowest BCUT2D eigenvalue weighted by molar-refractivity contribution is -0.182. The molecular weight excluding hydrogens is 502 g/mol. The van der Waals surface area contributed by atoms with Gasteiger partial charge in [0.05, 0.1) is 0 Å². The molecule has 0 N–H and O–H groups in total. The fourth-order valence-corrected chi connectivity index (χ4v) is 8.68. The van der Waals surface area contributed by atoms with Crippen molar-refractivity contribution in [3.05, 3.63) is 52.6 Å². The number of allylic oxidation sites excluding steroid dienone is 4. The van der Waals surface area contributed by atoms with Crippen molar-refractivity contribution in [2.24, 2.45) is 17.3 Å². The summed E-state index contributed by atoms with van der Waals surface area (Å²) in [7, 11) is 2.08. The molecule has 5 rings (SSSR count). The van der Waals surface area contributed by atoms with Crippen LogP contribution in [0.5, 0.6) is 0 Å². The summed E-state index contributed by atoms with van der Waals surface area (Å²) in [4.78, 5) is 50.9. The zero-order chi connectivity index (χ0) is 28.7. The zero-order valence-electron chi connectivity index (χ0n) is 24.5. The molecule has 0 radical (unpaired) electrons. The molecule has 1 aromatic carbocycles. The minimum atomic E-state index is -1.10. The van der Waals surface area contributed by atoms with Gasteiger partial charge in [0, 0.05) is 50.4 Å². The van der Waals surface area contributed by atoms with Crippen LogP contribution in [-0.2, 0) is 23.9 Å². The fourth-order valence-electron chi connectivity index (χ4n) is 8.68. The van der Waals surface area contributed by atoms with E-state index in [2.05, 4.69) is 43.1 Å². The van der Waals surface area contributed by atoms with Crippen molar-refractivity contribution >= 4 is 29.5 Å². The molecule has 0 spiro atoms. The number of ether oxygens (including phenoxy) is 1. The minimum Gasteiger partial charge on any atom is -0.451 e. The van der Waals surface area contributed by atoms with Crippen LogP contribution in [-0.4, -0.2) is 43.0 Å². The van der Waals surface area contributed by atoms with E-state index < -0.39 is 17.0 Å². The van der Waals surface area contributed by atoms with Crippen LogP contribution in [0.2, 0.25) is 0 Å². The highest BCUT2D eigenvalue weighted by Crippen LogP contribution is 2.67. The van der Waals surface area contributed by atoms with Crippen molar-refractivity contribution in [1.82, 2.24) is 0 Å². The first kappa shape index (κ1) is 28.5. The van der Waals surface area contributed by atoms with Crippen LogP contribution in [0.1, 0.15) is 96.5 Å². The summed E-state index contributed by atoms with van der Waals surface area (Å²) in [6.45, 7) is 6.09. The topological polar surface area (TPSA) is 80.8 Å². The van der Waals surface area contributed by atoms with Gasteiger partial charge in [-0.3, -0.25) is 14.4 Å². The van der Waals surface area contributed by atoms with Gasteiger partial charge in [0.2, 0.25) is 0 Å². The fraction of sp³-hybridized carbons (Fsp3) is 0.588. The van der Waals surface area contributed by atoms with Gasteiger partial charge in [-0.15, -0.1) is 0 Å². The predicted molar refractivity (Wildman–Crippen MR) is 155 cm³/mol. The molecule has 4 aliphatic rings. The Kier molecular flexibility index (Phi) is 7.91. The Morgan fingerprint density at radius 1 is 1.07 bits per heavy atom. The molecule has 0 unspecified atom stereocenters. The second kappa shape index (κ2) is 11.1. The zero-order valence-corrected chi connectivity index (χ0v) is 24.5. The first-order valence-electron chi connectivity index (χ1n) is 15.0. The first-order chi connectivity index (χ1) is 19.1. The van der Waals surface area contributed by atoms with Gasteiger partial charge in [0.1, 0.15) is 6.29 Å². The second-order valence-corrected chi connectivity index (χ2v) is 12.7. The van der Waals surface area contributed by atoms with Gasteiger partial charge in [0.25, 0.3) is 0 Å². The van der Waals surface area contributed by atoms with Crippen LogP contribution in [0.25, 0.3) is 0 Å². The highest BCUT2D eigenvalue weighted by atomic mass is 16.6. The number of rotatable bonds is 9. The van der Waals surface area contributed by atoms with Crippen molar-refractivity contribution < 1.29 is 23.9 Å². The van der Waals surface area contributed by atoms with Gasteiger partial charge in [0.15, 0.2) is 17.2 Å². The standard InChI is InChI=1S/C34H43NO5/c1-22(37)34(40-23(2)38)17-16-31-29-14-10-25-20-27(39)13-15-28(25)32(29)30(21-33(31,34)3)24-8-11-26(12-9-24)35(4)18-6-5-7-19-36/h8-9,11-12,19-20,29-31H,5-7,10,13-18,21H2,1-4H3/t29-,30+,31-,33-,34-/m0/s1. The smallest absolute Gasteiger partial charge is 0.303 e. The number of hydrogen-bond donors (Lipinski definition) is 0. The maximum absolute atomic E-state index is 13.3. The molecule has 0 saturated heterocycles. The number of carbonyl (C=O) groups excluding carboxylic acids is 4. The molecular formula is C34H43NO5. The molecule has 2 saturated carbocycles. The van der Waals surface area contributed by atoms with Crippen LogP contribution in [0, 0.1) is 17.3 Å². The highest BCUT2D eigenvalue weighted by molar-refractivity contribution is 5.93. The van der Waals surface area contributed by atoms with E-state index in [0.717, 1.165) is 63.5 Å². The Bertz CT molecular complexity index is 1260. The quantitative estimate of drug-likeness (QED) is 0.206. The first-order valence-corrected chi connectivity index (χ1v) is 15.0. The summed E-state index contributed by atoms with van der Waals surface area (Å²) in [6, 6.07) is 8.79. The summed E-state index contributed by atoms with van der Waals surface area (Å²) in [5.74, 6) is 0.442. The largest absolute Gasteiger partial charge is 0.451 e. The van der Waals surface area contributed by atoms with E-state index in [1.807, 2.05) is 6.08 Å². The number of carbonyl (C=O) groups is 4. The van der Waals surface area contributed by atoms with E-state index in [-0.39, 0.29) is 23.4 Å². The molecule has 0 amide bonds. The van der Waals surface area contributed by atoms with Crippen LogP contribution < -0.4 is 4.90 Å². The van der Waals surface area contributed by atoms with Crippen molar-refractivity contribution in [3.8, 4) is 0 Å². The van der Waals surface area contributed by atoms with Crippen molar-refractivity contribution in [1.29, 1.82) is 0 Å². The van der Waals surface area contributed by atoms with Gasteiger partial charge in [-0.1, -0.05) is 24.6 Å². The Balaban J connectivity index is 1.55. The Labute approximate surface area is 238 Å². The molecule has 0 heterocycles. The van der Waals surface area contributed by atoms with Gasteiger partial charge in [-0.05, 0) is 105 Å². The molecule has 6 heteroatoms. The average molecular weight is 546 g/mol. The summed E-state index contributed by atoms with van der Waals surface area (Å²) in [6.07, 6.45) is 10.7. The van der Waals surface area contributed by atoms with Crippen molar-refractivity contribution in [2.75, 3.05) is 18.5 Å². The number of fused-ring (bicyclic) bond motifs is 4. The number of nitrogens with zero attached hydrogens (tertiary/aromatic N) is 1. The molecule has 1 aromatic rings. The number of unbranched alkanes of at least 4 members (excludes halogenated alkanes) is 2. The number of benzene rings is 1. The predicted octanol–water partition coefficient (Wildman–Crippen LogP) is 6.28. The van der Waals surface area contributed by atoms with E-state index in [1.54, 1.807) is 6.92 Å². The molecule has 6 nitrogen and oxygen atoms in total. The molecule has 5 atom stereocenters. The molecule has 2 fully saturated rings. The summed E-state index contributed by atoms with van der Waals surface area (Å²) in [5, 5.41) is 0. The summed E-state index contributed by atoms with van der Waals surface area (Å²) < 4.78 is 6.03. The lowest BCUT2D eigenvalue weighted by Crippen LogP contribution is -2.57. The maximum Gasteiger partial charge on any atom is 0.303 e. The minimum absolute atomic E-state index is 0.0474. The second-order valence-electron chi connectivity index (χ2n) is 12.7. The van der Waals surface area contributed by atoms with E-state index in [4.69, 9.17) is 4.74 Å². The number of aldehydes is 1. The van der Waals surface area contributed by atoms with Gasteiger partial charge < -0.3 is 14.4 Å². The number of ketones is 2. The Morgan fingerprint density at radius 2 is 1.82 bits per heavy atom. The third kappa shape index (κ3) is 4.77. The number of Topliss-reactive ketones (excluding diaryl/α,β-unsaturated/α-hetero) is 1. The molecule has 214 valence electrons. The molecule has 40 heavy (non-hydrogen) atoms. The number of hydrogen-bond acceptors (Lipinski definition) is 6. The molecule has 4 aliphatic carbocycles. The Morgan fingerprint density at radius 3 is 2.50 bits per heavy atom. The van der Waals surface area contributed by atoms with Gasteiger partial charge in [-0.2, -0.15) is 0 Å². The highest BCUT2D eigenvalue weighted by Gasteiger charge is 2.67.